The van der Waals surface area contributed by atoms with Crippen LogP contribution in [0.1, 0.15) is 52.7 Å². The Kier molecular flexibility index (Phi) is 14.2. The van der Waals surface area contributed by atoms with Gasteiger partial charge in [0.2, 0.25) is 5.66 Å². The summed E-state index contributed by atoms with van der Waals surface area (Å²) in [5.74, 6) is -0.488. The van der Waals surface area contributed by atoms with Crippen LogP contribution in [0.5, 0.6) is 0 Å². The van der Waals surface area contributed by atoms with Crippen molar-refractivity contribution >= 4 is 38.5 Å². The topological polar surface area (TPSA) is 139 Å². The molecule has 0 fully saturated rings. The van der Waals surface area contributed by atoms with E-state index in [1.54, 1.807) is 65.8 Å². The van der Waals surface area contributed by atoms with E-state index in [1.165, 1.54) is 10.7 Å². The van der Waals surface area contributed by atoms with Gasteiger partial charge in [-0.15, -0.1) is 0 Å². The summed E-state index contributed by atoms with van der Waals surface area (Å²) in [7, 11) is -8.14. The van der Waals surface area contributed by atoms with E-state index in [1.807, 2.05) is 38.1 Å². The lowest BCUT2D eigenvalue weighted by atomic mass is 9.96. The third kappa shape index (κ3) is 8.86. The molecule has 3 rings (SSSR count). The minimum absolute atomic E-state index is 0.000692. The molecule has 0 aromatic heterocycles. The average molecular weight is 707 g/mol. The minimum atomic E-state index is -4.15. The van der Waals surface area contributed by atoms with E-state index in [0.29, 0.717) is 11.4 Å². The van der Waals surface area contributed by atoms with Gasteiger partial charge in [-0.25, -0.2) is 9.59 Å². The Balaban J connectivity index is 2.65. The number of carbonyl (C=O) groups excluding carboxylic acids is 2. The number of rotatable bonds is 18. The number of nitrogens with zero attached hydrogens (tertiary/aromatic N) is 1. The number of hydrogen-bond donors (Lipinski definition) is 1. The van der Waals surface area contributed by atoms with Crippen molar-refractivity contribution in [3.63, 3.8) is 0 Å². The number of hydrogen-bond acceptors (Lipinski definition) is 12. The Morgan fingerprint density at radius 1 is 0.729 bits per heavy atom. The predicted octanol–water partition coefficient (Wildman–Crippen LogP) is 7.73. The fourth-order valence-electron chi connectivity index (χ4n) is 5.33. The molecule has 0 spiro atoms. The summed E-state index contributed by atoms with van der Waals surface area (Å²) in [6.45, 7) is 13.7. The standard InChI is InChI=1S/C34H48N2O10P2/c1-9-41-32(37)31-29(23-47(39,43-11-3)44-12-4)30(24-48(40,45-13-5)46-14-6)34(33(38)42-10-2,35-27-19-15-25(7)16-20-27)36(31)28-21-17-26(8)18-22-28/h15-22,24,35H,9-14,23H2,1-8H3/b30-24-. The molecule has 0 radical (unpaired) electrons. The molecule has 1 aliphatic rings. The molecule has 12 nitrogen and oxygen atoms in total. The van der Waals surface area contributed by atoms with Gasteiger partial charge in [0.1, 0.15) is 5.70 Å². The van der Waals surface area contributed by atoms with Gasteiger partial charge in [-0.1, -0.05) is 35.4 Å². The van der Waals surface area contributed by atoms with Crippen molar-refractivity contribution in [2.75, 3.05) is 56.0 Å². The molecule has 0 bridgehead atoms. The van der Waals surface area contributed by atoms with Gasteiger partial charge in [0.25, 0.3) is 0 Å². The second kappa shape index (κ2) is 17.4. The zero-order valence-corrected chi connectivity index (χ0v) is 30.9. The molecule has 1 heterocycles. The molecule has 0 amide bonds. The van der Waals surface area contributed by atoms with Crippen LogP contribution in [-0.4, -0.2) is 63.4 Å². The van der Waals surface area contributed by atoms with Crippen LogP contribution in [0.3, 0.4) is 0 Å². The van der Waals surface area contributed by atoms with Crippen molar-refractivity contribution in [2.24, 2.45) is 0 Å². The SMILES string of the molecule is CCOC(=O)C1=C(CP(=O)(OCC)OCC)/C(=C/P(=O)(OCC)OCC)C(Nc2ccc(C)cc2)(C(=O)OCC)N1c1ccc(C)cc1. The van der Waals surface area contributed by atoms with Gasteiger partial charge in [-0.05, 0) is 79.7 Å². The molecule has 264 valence electrons. The first kappa shape index (κ1) is 39.2. The Morgan fingerprint density at radius 2 is 1.23 bits per heavy atom. The Hall–Kier alpha value is -3.24. The van der Waals surface area contributed by atoms with Gasteiger partial charge in [-0.2, -0.15) is 0 Å². The van der Waals surface area contributed by atoms with Crippen molar-refractivity contribution in [2.45, 2.75) is 61.1 Å². The molecular weight excluding hydrogens is 658 g/mol. The average Bonchev–Trinajstić information content (AvgIpc) is 3.28. The van der Waals surface area contributed by atoms with Crippen molar-refractivity contribution in [3.05, 3.63) is 82.3 Å². The first-order chi connectivity index (χ1) is 22.9. The number of ether oxygens (including phenoxy) is 2. The Labute approximate surface area is 283 Å². The molecule has 2 aromatic rings. The second-order valence-corrected chi connectivity index (χ2v) is 14.6. The molecule has 1 unspecified atom stereocenters. The highest BCUT2D eigenvalue weighted by molar-refractivity contribution is 7.57. The molecule has 1 atom stereocenters. The first-order valence-corrected chi connectivity index (χ1v) is 19.5. The highest BCUT2D eigenvalue weighted by Crippen LogP contribution is 2.59. The van der Waals surface area contributed by atoms with Crippen LogP contribution in [0.25, 0.3) is 0 Å². The molecule has 2 aromatic carbocycles. The van der Waals surface area contributed by atoms with Gasteiger partial charge in [0.15, 0.2) is 0 Å². The first-order valence-electron chi connectivity index (χ1n) is 16.2. The summed E-state index contributed by atoms with van der Waals surface area (Å²) in [6, 6.07) is 14.3. The highest BCUT2D eigenvalue weighted by Gasteiger charge is 2.60. The minimum Gasteiger partial charge on any atom is -0.463 e. The van der Waals surface area contributed by atoms with Crippen molar-refractivity contribution in [1.82, 2.24) is 0 Å². The largest absolute Gasteiger partial charge is 0.463 e. The summed E-state index contributed by atoms with van der Waals surface area (Å²) >= 11 is 0. The van der Waals surface area contributed by atoms with Crippen LogP contribution in [0.15, 0.2) is 71.2 Å². The zero-order chi connectivity index (χ0) is 35.5. The van der Waals surface area contributed by atoms with E-state index < -0.39 is 39.0 Å². The number of benzene rings is 2. The maximum absolute atomic E-state index is 14.7. The monoisotopic (exact) mass is 706 g/mol. The van der Waals surface area contributed by atoms with Crippen molar-refractivity contribution in [1.29, 1.82) is 0 Å². The lowest BCUT2D eigenvalue weighted by Gasteiger charge is -2.41. The molecule has 14 heteroatoms. The summed E-state index contributed by atoms with van der Waals surface area (Å²) in [6.07, 6.45) is -0.494. The lowest BCUT2D eigenvalue weighted by Crippen LogP contribution is -2.60. The van der Waals surface area contributed by atoms with Crippen LogP contribution >= 0.6 is 15.2 Å². The third-order valence-electron chi connectivity index (χ3n) is 7.18. The van der Waals surface area contributed by atoms with E-state index in [2.05, 4.69) is 5.32 Å². The molecule has 48 heavy (non-hydrogen) atoms. The maximum atomic E-state index is 14.7. The quantitative estimate of drug-likeness (QED) is 0.120. The number of carbonyl (C=O) groups is 2. The number of aryl methyl sites for hydroxylation is 2. The molecular formula is C34H48N2O10P2. The highest BCUT2D eigenvalue weighted by atomic mass is 31.2. The number of anilines is 2. The van der Waals surface area contributed by atoms with E-state index in [9.17, 15) is 18.7 Å². The van der Waals surface area contributed by atoms with Gasteiger partial charge in [0, 0.05) is 28.3 Å². The predicted molar refractivity (Wildman–Crippen MR) is 186 cm³/mol. The van der Waals surface area contributed by atoms with Crippen LogP contribution < -0.4 is 10.2 Å². The second-order valence-electron chi connectivity index (χ2n) is 10.7. The van der Waals surface area contributed by atoms with Gasteiger partial charge in [0.05, 0.1) is 45.8 Å². The fraction of sp³-hybridized carbons (Fsp3) is 0.471. The Bertz CT molecular complexity index is 1550. The van der Waals surface area contributed by atoms with Crippen LogP contribution in [0.2, 0.25) is 0 Å². The molecule has 0 saturated heterocycles. The summed E-state index contributed by atoms with van der Waals surface area (Å²) in [5, 5.41) is 3.32. The smallest absolute Gasteiger partial charge is 0.358 e. The number of esters is 2. The van der Waals surface area contributed by atoms with Crippen molar-refractivity contribution in [3.8, 4) is 0 Å². The van der Waals surface area contributed by atoms with Crippen molar-refractivity contribution < 1.29 is 46.3 Å². The molecule has 0 saturated carbocycles. The Morgan fingerprint density at radius 3 is 1.71 bits per heavy atom. The number of nitrogens with one attached hydrogen (secondary N) is 1. The molecule has 0 aliphatic carbocycles. The normalized spacial score (nSPS) is 17.6. The van der Waals surface area contributed by atoms with E-state index in [-0.39, 0.29) is 56.5 Å². The summed E-state index contributed by atoms with van der Waals surface area (Å²) in [5.41, 5.74) is 0.397. The van der Waals surface area contributed by atoms with Crippen LogP contribution in [0.4, 0.5) is 11.4 Å². The van der Waals surface area contributed by atoms with E-state index >= 15 is 0 Å². The zero-order valence-electron chi connectivity index (χ0n) is 29.1. The van der Waals surface area contributed by atoms with Gasteiger partial charge in [-0.3, -0.25) is 14.0 Å². The fourth-order valence-corrected chi connectivity index (χ4v) is 8.69. The maximum Gasteiger partial charge on any atom is 0.358 e. The van der Waals surface area contributed by atoms with E-state index in [0.717, 1.165) is 11.1 Å². The van der Waals surface area contributed by atoms with E-state index in [4.69, 9.17) is 27.6 Å². The molecule has 1 N–H and O–H groups in total. The van der Waals surface area contributed by atoms with Crippen LogP contribution in [-0.2, 0) is 46.3 Å². The van der Waals surface area contributed by atoms with Gasteiger partial charge >= 0.3 is 27.1 Å². The molecule has 1 aliphatic heterocycles. The lowest BCUT2D eigenvalue weighted by molar-refractivity contribution is -0.146. The van der Waals surface area contributed by atoms with Gasteiger partial charge < -0.3 is 32.9 Å². The summed E-state index contributed by atoms with van der Waals surface area (Å²) in [4.78, 5) is 30.4. The van der Waals surface area contributed by atoms with Crippen LogP contribution in [0, 0.1) is 13.8 Å². The third-order valence-corrected chi connectivity index (χ3v) is 11.0. The summed E-state index contributed by atoms with van der Waals surface area (Å²) < 4.78 is 62.8.